The molecule has 0 unspecified atom stereocenters. The van der Waals surface area contributed by atoms with Crippen molar-refractivity contribution in [1.82, 2.24) is 0 Å². The molecule has 130 valence electrons. The zero-order valence-corrected chi connectivity index (χ0v) is 15.0. The molecule has 1 heterocycles. The molecular formula is C17H15ClN2O4S. The molecule has 0 fully saturated rings. The summed E-state index contributed by atoms with van der Waals surface area (Å²) in [6.07, 6.45) is 1.12. The van der Waals surface area contributed by atoms with E-state index in [0.717, 1.165) is 6.26 Å². The lowest BCUT2D eigenvalue weighted by Gasteiger charge is -2.25. The number of fused-ring (bicyclic) bond motifs is 1. The smallest absolute Gasteiger partial charge is 0.232 e. The number of sulfonamides is 1. The average molecular weight is 379 g/mol. The number of rotatable bonds is 4. The molecule has 6 nitrogen and oxygen atoms in total. The van der Waals surface area contributed by atoms with Gasteiger partial charge in [-0.25, -0.2) is 8.42 Å². The molecule has 0 aliphatic carbocycles. The van der Waals surface area contributed by atoms with Crippen molar-refractivity contribution in [2.75, 3.05) is 23.8 Å². The number of halogens is 1. The Balaban J connectivity index is 1.99. The van der Waals surface area contributed by atoms with Gasteiger partial charge in [0, 0.05) is 0 Å². The highest BCUT2D eigenvalue weighted by molar-refractivity contribution is 7.92. The summed E-state index contributed by atoms with van der Waals surface area (Å²) in [5, 5.41) is 9.41. The van der Waals surface area contributed by atoms with Crippen molar-refractivity contribution in [3.8, 4) is 17.6 Å². The summed E-state index contributed by atoms with van der Waals surface area (Å²) < 4.78 is 36.8. The molecule has 0 saturated heterocycles. The first-order valence-corrected chi connectivity index (χ1v) is 9.67. The minimum atomic E-state index is -3.57. The van der Waals surface area contributed by atoms with Crippen LogP contribution in [0.1, 0.15) is 11.1 Å². The largest absolute Gasteiger partial charge is 0.486 e. The molecule has 0 bridgehead atoms. The Morgan fingerprint density at radius 3 is 2.72 bits per heavy atom. The fourth-order valence-electron chi connectivity index (χ4n) is 2.55. The van der Waals surface area contributed by atoms with E-state index in [-0.39, 0.29) is 6.54 Å². The first-order valence-electron chi connectivity index (χ1n) is 7.44. The van der Waals surface area contributed by atoms with Gasteiger partial charge in [0.05, 0.1) is 35.1 Å². The Labute approximate surface area is 151 Å². The Kier molecular flexibility index (Phi) is 4.75. The molecule has 1 aliphatic rings. The quantitative estimate of drug-likeness (QED) is 0.817. The van der Waals surface area contributed by atoms with Gasteiger partial charge in [0.2, 0.25) is 10.0 Å². The normalized spacial score (nSPS) is 13.2. The van der Waals surface area contributed by atoms with Gasteiger partial charge in [-0.1, -0.05) is 17.7 Å². The lowest BCUT2D eigenvalue weighted by atomic mass is 10.1. The number of nitrogens with zero attached hydrogens (tertiary/aromatic N) is 2. The lowest BCUT2D eigenvalue weighted by molar-refractivity contribution is 0.171. The van der Waals surface area contributed by atoms with Crippen LogP contribution in [0.4, 0.5) is 5.69 Å². The van der Waals surface area contributed by atoms with Gasteiger partial charge in [0.25, 0.3) is 0 Å². The summed E-state index contributed by atoms with van der Waals surface area (Å²) >= 11 is 6.22. The molecule has 0 radical (unpaired) electrons. The van der Waals surface area contributed by atoms with E-state index in [1.54, 1.807) is 30.3 Å². The third kappa shape index (κ3) is 3.81. The number of benzene rings is 2. The van der Waals surface area contributed by atoms with Crippen LogP contribution < -0.4 is 13.8 Å². The average Bonchev–Trinajstić information content (AvgIpc) is 2.59. The zero-order chi connectivity index (χ0) is 18.0. The minimum Gasteiger partial charge on any atom is -0.486 e. The van der Waals surface area contributed by atoms with E-state index < -0.39 is 10.0 Å². The molecular weight excluding hydrogens is 364 g/mol. The molecule has 3 rings (SSSR count). The standard InChI is InChI=1S/C17H15ClN2O4S/c1-25(21,22)20(14-4-2-3-12(7-14)10-19)11-13-8-15(18)17-16(9-13)23-5-6-24-17/h2-4,7-9H,5-6,11H2,1H3. The number of hydrogen-bond acceptors (Lipinski definition) is 5. The molecule has 0 N–H and O–H groups in total. The second kappa shape index (κ2) is 6.82. The van der Waals surface area contributed by atoms with Crippen molar-refractivity contribution in [2.24, 2.45) is 0 Å². The molecule has 0 aromatic heterocycles. The van der Waals surface area contributed by atoms with E-state index in [4.69, 9.17) is 26.3 Å². The van der Waals surface area contributed by atoms with Crippen molar-refractivity contribution < 1.29 is 17.9 Å². The van der Waals surface area contributed by atoms with Crippen LogP contribution in [0.2, 0.25) is 5.02 Å². The maximum atomic E-state index is 12.3. The van der Waals surface area contributed by atoms with Crippen LogP contribution in [0.25, 0.3) is 0 Å². The molecule has 0 atom stereocenters. The maximum absolute atomic E-state index is 12.3. The lowest BCUT2D eigenvalue weighted by Crippen LogP contribution is -2.29. The van der Waals surface area contributed by atoms with E-state index in [9.17, 15) is 8.42 Å². The third-order valence-corrected chi connectivity index (χ3v) is 5.07. The van der Waals surface area contributed by atoms with Gasteiger partial charge in [-0.2, -0.15) is 5.26 Å². The summed E-state index contributed by atoms with van der Waals surface area (Å²) in [4.78, 5) is 0. The van der Waals surface area contributed by atoms with Crippen LogP contribution in [-0.2, 0) is 16.6 Å². The van der Waals surface area contributed by atoms with Gasteiger partial charge in [-0.3, -0.25) is 4.31 Å². The predicted octanol–water partition coefficient (Wildman–Crippen LogP) is 2.95. The third-order valence-electron chi connectivity index (χ3n) is 3.65. The van der Waals surface area contributed by atoms with Gasteiger partial charge >= 0.3 is 0 Å². The van der Waals surface area contributed by atoms with Crippen molar-refractivity contribution >= 4 is 27.3 Å². The van der Waals surface area contributed by atoms with Crippen molar-refractivity contribution in [1.29, 1.82) is 5.26 Å². The highest BCUT2D eigenvalue weighted by Crippen LogP contribution is 2.39. The molecule has 0 amide bonds. The van der Waals surface area contributed by atoms with Gasteiger partial charge in [0.15, 0.2) is 11.5 Å². The monoisotopic (exact) mass is 378 g/mol. The van der Waals surface area contributed by atoms with Crippen LogP contribution in [0, 0.1) is 11.3 Å². The van der Waals surface area contributed by atoms with Gasteiger partial charge in [-0.05, 0) is 35.9 Å². The Morgan fingerprint density at radius 1 is 1.24 bits per heavy atom. The maximum Gasteiger partial charge on any atom is 0.232 e. The summed E-state index contributed by atoms with van der Waals surface area (Å²) in [5.41, 5.74) is 1.45. The molecule has 25 heavy (non-hydrogen) atoms. The van der Waals surface area contributed by atoms with Crippen LogP contribution in [0.15, 0.2) is 36.4 Å². The second-order valence-corrected chi connectivity index (χ2v) is 7.85. The Hall–Kier alpha value is -2.43. The number of ether oxygens (including phenoxy) is 2. The highest BCUT2D eigenvalue weighted by Gasteiger charge is 2.22. The zero-order valence-electron chi connectivity index (χ0n) is 13.4. The molecule has 0 spiro atoms. The van der Waals surface area contributed by atoms with Crippen LogP contribution in [0.3, 0.4) is 0 Å². The molecule has 1 aliphatic heterocycles. The van der Waals surface area contributed by atoms with Crippen LogP contribution in [-0.4, -0.2) is 27.9 Å². The molecule has 2 aromatic carbocycles. The SMILES string of the molecule is CS(=O)(=O)N(Cc1cc(Cl)c2c(c1)OCCO2)c1cccc(C#N)c1. The summed E-state index contributed by atoms with van der Waals surface area (Å²) in [6.45, 7) is 0.888. The molecule has 2 aromatic rings. The topological polar surface area (TPSA) is 79.6 Å². The fourth-order valence-corrected chi connectivity index (χ4v) is 3.72. The predicted molar refractivity (Wildman–Crippen MR) is 94.6 cm³/mol. The molecule has 8 heteroatoms. The highest BCUT2D eigenvalue weighted by atomic mass is 35.5. The molecule has 0 saturated carbocycles. The second-order valence-electron chi connectivity index (χ2n) is 5.53. The van der Waals surface area contributed by atoms with Crippen molar-refractivity contribution in [2.45, 2.75) is 6.54 Å². The fraction of sp³-hybridized carbons (Fsp3) is 0.235. The summed E-state index contributed by atoms with van der Waals surface area (Å²) in [7, 11) is -3.57. The van der Waals surface area contributed by atoms with Gasteiger partial charge < -0.3 is 9.47 Å². The number of nitriles is 1. The van der Waals surface area contributed by atoms with E-state index in [0.29, 0.717) is 46.5 Å². The van der Waals surface area contributed by atoms with E-state index in [2.05, 4.69) is 0 Å². The van der Waals surface area contributed by atoms with Gasteiger partial charge in [-0.15, -0.1) is 0 Å². The Bertz CT molecular complexity index is 954. The first kappa shape index (κ1) is 17.4. The summed E-state index contributed by atoms with van der Waals surface area (Å²) in [6, 6.07) is 11.8. The minimum absolute atomic E-state index is 0.0596. The van der Waals surface area contributed by atoms with E-state index in [1.807, 2.05) is 6.07 Å². The van der Waals surface area contributed by atoms with E-state index >= 15 is 0 Å². The van der Waals surface area contributed by atoms with Crippen LogP contribution >= 0.6 is 11.6 Å². The van der Waals surface area contributed by atoms with Crippen molar-refractivity contribution in [3.63, 3.8) is 0 Å². The van der Waals surface area contributed by atoms with E-state index in [1.165, 1.54) is 10.4 Å². The van der Waals surface area contributed by atoms with Crippen molar-refractivity contribution in [3.05, 3.63) is 52.5 Å². The number of hydrogen-bond donors (Lipinski definition) is 0. The Morgan fingerprint density at radius 2 is 2.00 bits per heavy atom. The van der Waals surface area contributed by atoms with Gasteiger partial charge in [0.1, 0.15) is 13.2 Å². The summed E-state index contributed by atoms with van der Waals surface area (Å²) in [5.74, 6) is 0.960. The van der Waals surface area contributed by atoms with Crippen LogP contribution in [0.5, 0.6) is 11.5 Å². The number of anilines is 1. The first-order chi connectivity index (χ1) is 11.9.